The highest BCUT2D eigenvalue weighted by Gasteiger charge is 2.15. The van der Waals surface area contributed by atoms with Gasteiger partial charge in [-0.3, -0.25) is 19.5 Å². The number of carbonyl (C=O) groups excluding carboxylic acids is 2. The number of nitrogens with one attached hydrogen (secondary N) is 2. The van der Waals surface area contributed by atoms with E-state index >= 15 is 0 Å². The van der Waals surface area contributed by atoms with Gasteiger partial charge >= 0.3 is 0 Å². The Labute approximate surface area is 171 Å². The average Bonchev–Trinajstić information content (AvgIpc) is 2.74. The molecule has 1 aliphatic rings. The Balaban J connectivity index is 1.59. The van der Waals surface area contributed by atoms with Gasteiger partial charge in [-0.05, 0) is 23.6 Å². The van der Waals surface area contributed by atoms with Crippen molar-refractivity contribution in [2.75, 3.05) is 44.7 Å². The van der Waals surface area contributed by atoms with Gasteiger partial charge in [0.05, 0.1) is 24.3 Å². The molecule has 7 heteroatoms. The van der Waals surface area contributed by atoms with Gasteiger partial charge in [0.2, 0.25) is 0 Å². The first kappa shape index (κ1) is 21.0. The Bertz CT molecular complexity index is 847. The number of anilines is 1. The first-order valence-corrected chi connectivity index (χ1v) is 9.98. The number of hydrogen-bond acceptors (Lipinski definition) is 5. The van der Waals surface area contributed by atoms with Gasteiger partial charge in [0, 0.05) is 44.3 Å². The average molecular weight is 396 g/mol. The largest absolute Gasteiger partial charge is 0.379 e. The van der Waals surface area contributed by atoms with Crippen molar-refractivity contribution in [3.8, 4) is 0 Å². The highest BCUT2D eigenvalue weighted by molar-refractivity contribution is 6.06. The number of rotatable bonds is 7. The number of benzene rings is 1. The maximum Gasteiger partial charge on any atom is 0.257 e. The van der Waals surface area contributed by atoms with Crippen molar-refractivity contribution in [3.05, 3.63) is 59.4 Å². The van der Waals surface area contributed by atoms with Gasteiger partial charge in [0.15, 0.2) is 0 Å². The summed E-state index contributed by atoms with van der Waals surface area (Å²) in [4.78, 5) is 31.4. The Hall–Kier alpha value is -2.77. The number of ether oxygens (including phenoxy) is 1. The summed E-state index contributed by atoms with van der Waals surface area (Å²) in [7, 11) is 0. The van der Waals surface area contributed by atoms with E-state index in [0.29, 0.717) is 17.7 Å². The molecule has 0 saturated carbocycles. The van der Waals surface area contributed by atoms with Gasteiger partial charge in [0.1, 0.15) is 0 Å². The second-order valence-electron chi connectivity index (χ2n) is 7.37. The van der Waals surface area contributed by atoms with Crippen molar-refractivity contribution in [2.45, 2.75) is 19.8 Å². The molecule has 154 valence electrons. The quantitative estimate of drug-likeness (QED) is 0.751. The van der Waals surface area contributed by atoms with Gasteiger partial charge in [-0.25, -0.2) is 0 Å². The molecule has 1 aromatic heterocycles. The summed E-state index contributed by atoms with van der Waals surface area (Å²) < 4.78 is 5.32. The van der Waals surface area contributed by atoms with E-state index in [2.05, 4.69) is 34.4 Å². The Morgan fingerprint density at radius 3 is 2.52 bits per heavy atom. The molecule has 1 aromatic carbocycles. The molecule has 0 spiro atoms. The molecule has 7 nitrogen and oxygen atoms in total. The van der Waals surface area contributed by atoms with Crippen LogP contribution < -0.4 is 10.6 Å². The number of para-hydroxylation sites is 1. The maximum atomic E-state index is 12.7. The lowest BCUT2D eigenvalue weighted by Gasteiger charge is -2.26. The number of hydrogen-bond donors (Lipinski definition) is 2. The molecule has 0 radical (unpaired) electrons. The van der Waals surface area contributed by atoms with Crippen LogP contribution in [0, 0.1) is 0 Å². The number of pyridine rings is 1. The van der Waals surface area contributed by atoms with Crippen molar-refractivity contribution < 1.29 is 14.3 Å². The Morgan fingerprint density at radius 1 is 1.10 bits per heavy atom. The fraction of sp³-hybridized carbons (Fsp3) is 0.409. The fourth-order valence-electron chi connectivity index (χ4n) is 3.25. The van der Waals surface area contributed by atoms with E-state index in [1.54, 1.807) is 6.07 Å². The van der Waals surface area contributed by atoms with Crippen molar-refractivity contribution in [1.29, 1.82) is 0 Å². The van der Waals surface area contributed by atoms with Crippen LogP contribution in [-0.2, 0) is 4.74 Å². The lowest BCUT2D eigenvalue weighted by Crippen LogP contribution is -2.41. The molecule has 1 saturated heterocycles. The van der Waals surface area contributed by atoms with Crippen LogP contribution in [0.1, 0.15) is 46.0 Å². The predicted octanol–water partition coefficient (Wildman–Crippen LogP) is 2.52. The van der Waals surface area contributed by atoms with Gasteiger partial charge in [-0.15, -0.1) is 0 Å². The van der Waals surface area contributed by atoms with Crippen molar-refractivity contribution in [1.82, 2.24) is 15.2 Å². The minimum atomic E-state index is -0.284. The van der Waals surface area contributed by atoms with E-state index in [-0.39, 0.29) is 17.7 Å². The minimum Gasteiger partial charge on any atom is -0.379 e. The SMILES string of the molecule is CC(C)c1ccccc1NC(=O)c1cncc(C(=O)NCCN2CCOCC2)c1. The molecule has 0 unspecified atom stereocenters. The summed E-state index contributed by atoms with van der Waals surface area (Å²) in [6.45, 7) is 8.69. The van der Waals surface area contributed by atoms with Gasteiger partial charge in [0.25, 0.3) is 11.8 Å². The predicted molar refractivity (Wildman–Crippen MR) is 112 cm³/mol. The molecular formula is C22H28N4O3. The minimum absolute atomic E-state index is 0.233. The van der Waals surface area contributed by atoms with Crippen LogP contribution >= 0.6 is 0 Å². The second-order valence-corrected chi connectivity index (χ2v) is 7.37. The molecular weight excluding hydrogens is 368 g/mol. The number of nitrogens with zero attached hydrogens (tertiary/aromatic N) is 2. The third-order valence-corrected chi connectivity index (χ3v) is 4.91. The summed E-state index contributed by atoms with van der Waals surface area (Å²) in [6.07, 6.45) is 2.95. The zero-order chi connectivity index (χ0) is 20.6. The molecule has 29 heavy (non-hydrogen) atoms. The summed E-state index contributed by atoms with van der Waals surface area (Å²) in [6, 6.07) is 9.29. The van der Waals surface area contributed by atoms with E-state index in [1.165, 1.54) is 12.4 Å². The molecule has 2 aromatic rings. The van der Waals surface area contributed by atoms with Crippen molar-refractivity contribution in [2.24, 2.45) is 0 Å². The number of amides is 2. The van der Waals surface area contributed by atoms with Crippen LogP contribution in [0.3, 0.4) is 0 Å². The number of aromatic nitrogens is 1. The summed E-state index contributed by atoms with van der Waals surface area (Å²) >= 11 is 0. The maximum absolute atomic E-state index is 12.7. The first-order chi connectivity index (χ1) is 14.0. The monoisotopic (exact) mass is 396 g/mol. The van der Waals surface area contributed by atoms with Crippen LogP contribution in [0.5, 0.6) is 0 Å². The lowest BCUT2D eigenvalue weighted by atomic mass is 10.0. The first-order valence-electron chi connectivity index (χ1n) is 9.98. The summed E-state index contributed by atoms with van der Waals surface area (Å²) in [5.41, 5.74) is 2.56. The van der Waals surface area contributed by atoms with E-state index in [0.717, 1.165) is 44.1 Å². The Kier molecular flexibility index (Phi) is 7.32. The number of carbonyl (C=O) groups is 2. The zero-order valence-electron chi connectivity index (χ0n) is 17.0. The van der Waals surface area contributed by atoms with Crippen LogP contribution in [0.15, 0.2) is 42.7 Å². The molecule has 2 amide bonds. The number of morpholine rings is 1. The van der Waals surface area contributed by atoms with Crippen molar-refractivity contribution in [3.63, 3.8) is 0 Å². The molecule has 2 N–H and O–H groups in total. The lowest BCUT2D eigenvalue weighted by molar-refractivity contribution is 0.0383. The van der Waals surface area contributed by atoms with Crippen LogP contribution in [0.25, 0.3) is 0 Å². The van der Waals surface area contributed by atoms with Gasteiger partial charge in [-0.1, -0.05) is 32.0 Å². The van der Waals surface area contributed by atoms with E-state index in [9.17, 15) is 9.59 Å². The standard InChI is InChI=1S/C22H28N4O3/c1-16(2)19-5-3-4-6-20(19)25-22(28)18-13-17(14-23-15-18)21(27)24-7-8-26-9-11-29-12-10-26/h3-6,13-16H,7-12H2,1-2H3,(H,24,27)(H,25,28). The summed E-state index contributed by atoms with van der Waals surface area (Å²) in [5, 5.41) is 5.82. The molecule has 0 aliphatic carbocycles. The second kappa shape index (κ2) is 10.1. The van der Waals surface area contributed by atoms with E-state index in [4.69, 9.17) is 4.74 Å². The van der Waals surface area contributed by atoms with E-state index in [1.807, 2.05) is 24.3 Å². The van der Waals surface area contributed by atoms with Crippen LogP contribution in [0.2, 0.25) is 0 Å². The topological polar surface area (TPSA) is 83.6 Å². The highest BCUT2D eigenvalue weighted by Crippen LogP contribution is 2.24. The zero-order valence-corrected chi connectivity index (χ0v) is 17.0. The van der Waals surface area contributed by atoms with Crippen LogP contribution in [0.4, 0.5) is 5.69 Å². The van der Waals surface area contributed by atoms with Gasteiger partial charge in [-0.2, -0.15) is 0 Å². The molecule has 2 heterocycles. The molecule has 3 rings (SSSR count). The smallest absolute Gasteiger partial charge is 0.257 e. The fourth-order valence-corrected chi connectivity index (χ4v) is 3.25. The molecule has 0 atom stereocenters. The molecule has 1 fully saturated rings. The Morgan fingerprint density at radius 2 is 1.79 bits per heavy atom. The molecule has 0 bridgehead atoms. The van der Waals surface area contributed by atoms with Gasteiger partial charge < -0.3 is 15.4 Å². The normalized spacial score (nSPS) is 14.6. The highest BCUT2D eigenvalue weighted by atomic mass is 16.5. The van der Waals surface area contributed by atoms with Crippen molar-refractivity contribution >= 4 is 17.5 Å². The van der Waals surface area contributed by atoms with Crippen LogP contribution in [-0.4, -0.2) is 61.1 Å². The third-order valence-electron chi connectivity index (χ3n) is 4.91. The molecule has 1 aliphatic heterocycles. The van der Waals surface area contributed by atoms with E-state index < -0.39 is 0 Å². The summed E-state index contributed by atoms with van der Waals surface area (Å²) in [5.74, 6) is -0.232. The third kappa shape index (κ3) is 5.85.